The minimum absolute atomic E-state index is 0.0618. The Morgan fingerprint density at radius 2 is 2.10 bits per heavy atom. The number of benzene rings is 1. The van der Waals surface area contributed by atoms with Gasteiger partial charge in [0.05, 0.1) is 18.3 Å². The minimum atomic E-state index is -0.246. The highest BCUT2D eigenvalue weighted by molar-refractivity contribution is 5.54. The number of aliphatic hydroxyl groups is 1. The molecule has 1 saturated heterocycles. The summed E-state index contributed by atoms with van der Waals surface area (Å²) in [7, 11) is 0. The summed E-state index contributed by atoms with van der Waals surface area (Å²) in [4.78, 5) is 2.34. The third kappa shape index (κ3) is 4.43. The number of hydrogen-bond donors (Lipinski definition) is 2. The zero-order valence-corrected chi connectivity index (χ0v) is 13.6. The highest BCUT2D eigenvalue weighted by Gasteiger charge is 2.33. The first-order valence-corrected chi connectivity index (χ1v) is 7.76. The van der Waals surface area contributed by atoms with E-state index in [1.807, 2.05) is 0 Å². The second-order valence-corrected chi connectivity index (χ2v) is 6.73. The number of rotatable bonds is 5. The molecule has 1 unspecified atom stereocenters. The first-order chi connectivity index (χ1) is 9.91. The standard InChI is InChI=1S/C17H28N2O2/c1-13(2)18-9-14-7-5-6-8-16(14)19-10-15(11-20)21-17(3,4)12-19/h5-8,13,15,18,20H,9-12H2,1-4H3. The normalized spacial score (nSPS) is 21.8. The highest BCUT2D eigenvalue weighted by atomic mass is 16.5. The summed E-state index contributed by atoms with van der Waals surface area (Å²) in [6.45, 7) is 11.0. The van der Waals surface area contributed by atoms with E-state index in [-0.39, 0.29) is 18.3 Å². The Balaban J connectivity index is 2.20. The lowest BCUT2D eigenvalue weighted by molar-refractivity contribution is -0.101. The number of nitrogens with zero attached hydrogens (tertiary/aromatic N) is 1. The van der Waals surface area contributed by atoms with Crippen LogP contribution < -0.4 is 10.2 Å². The van der Waals surface area contributed by atoms with Crippen LogP contribution in [0.3, 0.4) is 0 Å². The molecule has 1 aromatic rings. The van der Waals surface area contributed by atoms with Gasteiger partial charge in [-0.3, -0.25) is 0 Å². The molecule has 2 rings (SSSR count). The van der Waals surface area contributed by atoms with E-state index in [1.165, 1.54) is 11.3 Å². The third-order valence-electron chi connectivity index (χ3n) is 3.72. The van der Waals surface area contributed by atoms with Crippen LogP contribution in [-0.4, -0.2) is 42.5 Å². The largest absolute Gasteiger partial charge is 0.394 e. The minimum Gasteiger partial charge on any atom is -0.394 e. The van der Waals surface area contributed by atoms with E-state index in [2.05, 4.69) is 62.2 Å². The second kappa shape index (κ2) is 6.77. The van der Waals surface area contributed by atoms with Crippen LogP contribution in [0.15, 0.2) is 24.3 Å². The lowest BCUT2D eigenvalue weighted by atomic mass is 10.0. The van der Waals surface area contributed by atoms with Gasteiger partial charge in [-0.25, -0.2) is 0 Å². The fourth-order valence-electron chi connectivity index (χ4n) is 2.86. The van der Waals surface area contributed by atoms with Crippen LogP contribution in [0.2, 0.25) is 0 Å². The Bertz CT molecular complexity index is 460. The SMILES string of the molecule is CC(C)NCc1ccccc1N1CC(CO)OC(C)(C)C1. The molecule has 0 saturated carbocycles. The first-order valence-electron chi connectivity index (χ1n) is 7.76. The van der Waals surface area contributed by atoms with Gasteiger partial charge < -0.3 is 20.1 Å². The van der Waals surface area contributed by atoms with E-state index < -0.39 is 0 Å². The number of nitrogens with one attached hydrogen (secondary N) is 1. The van der Waals surface area contributed by atoms with Crippen LogP contribution in [0.1, 0.15) is 33.3 Å². The maximum atomic E-state index is 9.47. The van der Waals surface area contributed by atoms with Crippen molar-refractivity contribution in [2.75, 3.05) is 24.6 Å². The molecular weight excluding hydrogens is 264 g/mol. The Labute approximate surface area is 128 Å². The third-order valence-corrected chi connectivity index (χ3v) is 3.72. The molecule has 1 aromatic carbocycles. The van der Waals surface area contributed by atoms with Gasteiger partial charge in [0.25, 0.3) is 0 Å². The van der Waals surface area contributed by atoms with E-state index in [1.54, 1.807) is 0 Å². The molecule has 1 aliphatic rings. The van der Waals surface area contributed by atoms with Crippen molar-refractivity contribution in [2.24, 2.45) is 0 Å². The number of para-hydroxylation sites is 1. The van der Waals surface area contributed by atoms with Gasteiger partial charge in [0, 0.05) is 31.4 Å². The molecule has 4 nitrogen and oxygen atoms in total. The predicted molar refractivity (Wildman–Crippen MR) is 86.7 cm³/mol. The van der Waals surface area contributed by atoms with Crippen LogP contribution in [0, 0.1) is 0 Å². The molecule has 0 radical (unpaired) electrons. The van der Waals surface area contributed by atoms with Crippen LogP contribution in [-0.2, 0) is 11.3 Å². The molecule has 1 atom stereocenters. The maximum Gasteiger partial charge on any atom is 0.0988 e. The number of anilines is 1. The molecule has 0 bridgehead atoms. The van der Waals surface area contributed by atoms with Gasteiger partial charge in [-0.2, -0.15) is 0 Å². The summed E-state index contributed by atoms with van der Waals surface area (Å²) in [5.74, 6) is 0. The summed E-state index contributed by atoms with van der Waals surface area (Å²) in [6.07, 6.45) is -0.125. The van der Waals surface area contributed by atoms with Crippen molar-refractivity contribution < 1.29 is 9.84 Å². The Morgan fingerprint density at radius 3 is 2.76 bits per heavy atom. The summed E-state index contributed by atoms with van der Waals surface area (Å²) in [5.41, 5.74) is 2.28. The molecular formula is C17H28N2O2. The Morgan fingerprint density at radius 1 is 1.38 bits per heavy atom. The number of ether oxygens (including phenoxy) is 1. The molecule has 0 aromatic heterocycles. The average molecular weight is 292 g/mol. The van der Waals surface area contributed by atoms with E-state index in [0.29, 0.717) is 6.04 Å². The average Bonchev–Trinajstić information content (AvgIpc) is 2.43. The van der Waals surface area contributed by atoms with Crippen molar-refractivity contribution in [3.05, 3.63) is 29.8 Å². The highest BCUT2D eigenvalue weighted by Crippen LogP contribution is 2.28. The molecule has 21 heavy (non-hydrogen) atoms. The van der Waals surface area contributed by atoms with Gasteiger partial charge in [0.1, 0.15) is 0 Å². The fourth-order valence-corrected chi connectivity index (χ4v) is 2.86. The molecule has 2 N–H and O–H groups in total. The maximum absolute atomic E-state index is 9.47. The van der Waals surface area contributed by atoms with Gasteiger partial charge >= 0.3 is 0 Å². The van der Waals surface area contributed by atoms with Gasteiger partial charge in [0.2, 0.25) is 0 Å². The lowest BCUT2D eigenvalue weighted by Crippen LogP contribution is -2.54. The topological polar surface area (TPSA) is 44.7 Å². The molecule has 1 heterocycles. The van der Waals surface area contributed by atoms with E-state index in [9.17, 15) is 5.11 Å². The fraction of sp³-hybridized carbons (Fsp3) is 0.647. The zero-order chi connectivity index (χ0) is 15.5. The summed E-state index contributed by atoms with van der Waals surface area (Å²) in [5, 5.41) is 12.9. The molecule has 1 fully saturated rings. The van der Waals surface area contributed by atoms with Crippen molar-refractivity contribution in [3.8, 4) is 0 Å². The van der Waals surface area contributed by atoms with Gasteiger partial charge in [-0.05, 0) is 25.5 Å². The summed E-state index contributed by atoms with van der Waals surface area (Å²) < 4.78 is 5.91. The second-order valence-electron chi connectivity index (χ2n) is 6.73. The van der Waals surface area contributed by atoms with E-state index >= 15 is 0 Å². The predicted octanol–water partition coefficient (Wildman–Crippen LogP) is 2.16. The summed E-state index contributed by atoms with van der Waals surface area (Å²) >= 11 is 0. The molecule has 118 valence electrons. The monoisotopic (exact) mass is 292 g/mol. The zero-order valence-electron chi connectivity index (χ0n) is 13.6. The quantitative estimate of drug-likeness (QED) is 0.873. The number of hydrogen-bond acceptors (Lipinski definition) is 4. The van der Waals surface area contributed by atoms with Gasteiger partial charge in [0.15, 0.2) is 0 Å². The van der Waals surface area contributed by atoms with Crippen LogP contribution in [0.25, 0.3) is 0 Å². The van der Waals surface area contributed by atoms with Crippen molar-refractivity contribution in [1.82, 2.24) is 5.32 Å². The lowest BCUT2D eigenvalue weighted by Gasteiger charge is -2.44. The van der Waals surface area contributed by atoms with Crippen LogP contribution >= 0.6 is 0 Å². The van der Waals surface area contributed by atoms with Gasteiger partial charge in [-0.1, -0.05) is 32.0 Å². The first kappa shape index (κ1) is 16.3. The van der Waals surface area contributed by atoms with Crippen LogP contribution in [0.5, 0.6) is 0 Å². The Kier molecular flexibility index (Phi) is 5.25. The van der Waals surface area contributed by atoms with Crippen molar-refractivity contribution in [3.63, 3.8) is 0 Å². The number of morpholine rings is 1. The van der Waals surface area contributed by atoms with Crippen molar-refractivity contribution >= 4 is 5.69 Å². The van der Waals surface area contributed by atoms with Crippen LogP contribution in [0.4, 0.5) is 5.69 Å². The molecule has 4 heteroatoms. The summed E-state index contributed by atoms with van der Waals surface area (Å²) in [6, 6.07) is 8.94. The molecule has 1 aliphatic heterocycles. The van der Waals surface area contributed by atoms with Gasteiger partial charge in [-0.15, -0.1) is 0 Å². The molecule has 0 aliphatic carbocycles. The Hall–Kier alpha value is -1.10. The number of aliphatic hydroxyl groups excluding tert-OH is 1. The molecule has 0 spiro atoms. The van der Waals surface area contributed by atoms with Crippen molar-refractivity contribution in [2.45, 2.75) is 52.0 Å². The van der Waals surface area contributed by atoms with Crippen molar-refractivity contribution in [1.29, 1.82) is 0 Å². The van der Waals surface area contributed by atoms with E-state index in [0.717, 1.165) is 19.6 Å². The van der Waals surface area contributed by atoms with E-state index in [4.69, 9.17) is 4.74 Å². The smallest absolute Gasteiger partial charge is 0.0988 e. The molecule has 0 amide bonds.